The van der Waals surface area contributed by atoms with Gasteiger partial charge in [0.2, 0.25) is 0 Å². The fraction of sp³-hybridized carbons (Fsp3) is 0. The molecule has 0 N–H and O–H groups in total. The van der Waals surface area contributed by atoms with Gasteiger partial charge in [-0.25, -0.2) is 0 Å². The fourth-order valence-corrected chi connectivity index (χ4v) is 1.85. The average molecular weight is 186 g/mol. The Balaban J connectivity index is 2.54. The average Bonchev–Trinajstić information content (AvgIpc) is 2.67. The van der Waals surface area contributed by atoms with E-state index in [1.165, 1.54) is 11.3 Å². The SMILES string of the molecule is N#Cc1sccc1-c1cccnc1. The highest BCUT2D eigenvalue weighted by molar-refractivity contribution is 7.11. The number of hydrogen-bond donors (Lipinski definition) is 0. The number of hydrogen-bond acceptors (Lipinski definition) is 3. The number of pyridine rings is 1. The normalized spacial score (nSPS) is 9.46. The molecule has 2 rings (SSSR count). The number of aromatic nitrogens is 1. The van der Waals surface area contributed by atoms with E-state index in [4.69, 9.17) is 5.26 Å². The lowest BCUT2D eigenvalue weighted by Gasteiger charge is -1.95. The van der Waals surface area contributed by atoms with Crippen LogP contribution in [0.15, 0.2) is 36.0 Å². The monoisotopic (exact) mass is 186 g/mol. The van der Waals surface area contributed by atoms with Crippen molar-refractivity contribution in [3.05, 3.63) is 40.8 Å². The van der Waals surface area contributed by atoms with Crippen LogP contribution in [-0.4, -0.2) is 4.98 Å². The molecule has 62 valence electrons. The Bertz CT molecular complexity index is 439. The minimum absolute atomic E-state index is 0.744. The van der Waals surface area contributed by atoms with Gasteiger partial charge >= 0.3 is 0 Å². The maximum atomic E-state index is 8.81. The molecular formula is C10H6N2S. The van der Waals surface area contributed by atoms with Crippen LogP contribution in [-0.2, 0) is 0 Å². The highest BCUT2D eigenvalue weighted by Crippen LogP contribution is 2.26. The van der Waals surface area contributed by atoms with E-state index in [0.29, 0.717) is 0 Å². The van der Waals surface area contributed by atoms with Crippen LogP contribution in [0.5, 0.6) is 0 Å². The van der Waals surface area contributed by atoms with E-state index in [-0.39, 0.29) is 0 Å². The summed E-state index contributed by atoms with van der Waals surface area (Å²) < 4.78 is 0. The first kappa shape index (κ1) is 7.96. The van der Waals surface area contributed by atoms with Crippen LogP contribution in [0.3, 0.4) is 0 Å². The quantitative estimate of drug-likeness (QED) is 0.686. The van der Waals surface area contributed by atoms with Gasteiger partial charge in [-0.2, -0.15) is 5.26 Å². The summed E-state index contributed by atoms with van der Waals surface area (Å²) in [6, 6.07) is 7.93. The minimum Gasteiger partial charge on any atom is -0.264 e. The molecule has 2 aromatic rings. The first-order valence-electron chi connectivity index (χ1n) is 3.80. The fourth-order valence-electron chi connectivity index (χ4n) is 1.15. The molecule has 0 saturated carbocycles. The van der Waals surface area contributed by atoms with Gasteiger partial charge in [-0.05, 0) is 17.5 Å². The van der Waals surface area contributed by atoms with Crippen molar-refractivity contribution >= 4 is 11.3 Å². The molecule has 0 aliphatic heterocycles. The molecule has 0 amide bonds. The molecule has 0 radical (unpaired) electrons. The standard InChI is InChI=1S/C10H6N2S/c11-6-10-9(3-5-13-10)8-2-1-4-12-7-8/h1-5,7H. The Morgan fingerprint density at radius 3 is 3.00 bits per heavy atom. The van der Waals surface area contributed by atoms with E-state index in [0.717, 1.165) is 16.0 Å². The van der Waals surface area contributed by atoms with Gasteiger partial charge in [0.25, 0.3) is 0 Å². The summed E-state index contributed by atoms with van der Waals surface area (Å²) in [5.74, 6) is 0. The van der Waals surface area contributed by atoms with Gasteiger partial charge in [-0.1, -0.05) is 6.07 Å². The summed E-state index contributed by atoms with van der Waals surface area (Å²) in [7, 11) is 0. The van der Waals surface area contributed by atoms with Gasteiger partial charge in [0.05, 0.1) is 0 Å². The summed E-state index contributed by atoms with van der Waals surface area (Å²) in [6.07, 6.45) is 3.49. The van der Waals surface area contributed by atoms with Gasteiger partial charge in [0, 0.05) is 23.5 Å². The number of rotatable bonds is 1. The van der Waals surface area contributed by atoms with Crippen LogP contribution >= 0.6 is 11.3 Å². The van der Waals surface area contributed by atoms with Crippen molar-refractivity contribution in [1.29, 1.82) is 5.26 Å². The van der Waals surface area contributed by atoms with Crippen LogP contribution in [0, 0.1) is 11.3 Å². The largest absolute Gasteiger partial charge is 0.264 e. The predicted octanol–water partition coefficient (Wildman–Crippen LogP) is 2.68. The van der Waals surface area contributed by atoms with Crippen molar-refractivity contribution in [3.8, 4) is 17.2 Å². The van der Waals surface area contributed by atoms with E-state index in [1.807, 2.05) is 23.6 Å². The first-order valence-corrected chi connectivity index (χ1v) is 4.68. The lowest BCUT2D eigenvalue weighted by molar-refractivity contribution is 1.33. The van der Waals surface area contributed by atoms with E-state index >= 15 is 0 Å². The third-order valence-electron chi connectivity index (χ3n) is 1.74. The van der Waals surface area contributed by atoms with Gasteiger partial charge in [0.1, 0.15) is 10.9 Å². The molecule has 0 aliphatic carbocycles. The lowest BCUT2D eigenvalue weighted by atomic mass is 10.1. The molecule has 0 bridgehead atoms. The molecule has 3 heteroatoms. The Hall–Kier alpha value is -1.66. The molecule has 2 nitrogen and oxygen atoms in total. The Morgan fingerprint density at radius 2 is 2.31 bits per heavy atom. The summed E-state index contributed by atoms with van der Waals surface area (Å²) in [5, 5.41) is 10.7. The topological polar surface area (TPSA) is 36.7 Å². The lowest BCUT2D eigenvalue weighted by Crippen LogP contribution is -1.77. The Labute approximate surface area is 80.1 Å². The highest BCUT2D eigenvalue weighted by atomic mass is 32.1. The molecule has 2 heterocycles. The Morgan fingerprint density at radius 1 is 1.38 bits per heavy atom. The second-order valence-electron chi connectivity index (χ2n) is 2.52. The third-order valence-corrected chi connectivity index (χ3v) is 2.56. The molecule has 2 aromatic heterocycles. The molecule has 0 spiro atoms. The number of nitrogens with zero attached hydrogens (tertiary/aromatic N) is 2. The second kappa shape index (κ2) is 3.38. The minimum atomic E-state index is 0.744. The first-order chi connectivity index (χ1) is 6.42. The summed E-state index contributed by atoms with van der Waals surface area (Å²) in [4.78, 5) is 4.75. The molecule has 0 atom stereocenters. The van der Waals surface area contributed by atoms with Crippen molar-refractivity contribution in [3.63, 3.8) is 0 Å². The molecule has 0 saturated heterocycles. The zero-order chi connectivity index (χ0) is 9.10. The summed E-state index contributed by atoms with van der Waals surface area (Å²) >= 11 is 1.46. The van der Waals surface area contributed by atoms with Crippen LogP contribution in [0.25, 0.3) is 11.1 Å². The maximum absolute atomic E-state index is 8.81. The molecule has 0 aromatic carbocycles. The summed E-state index contributed by atoms with van der Waals surface area (Å²) in [6.45, 7) is 0. The molecule has 0 unspecified atom stereocenters. The molecule has 0 aliphatic rings. The molecule has 0 fully saturated rings. The molecular weight excluding hydrogens is 180 g/mol. The predicted molar refractivity (Wildman–Crippen MR) is 52.3 cm³/mol. The van der Waals surface area contributed by atoms with E-state index in [1.54, 1.807) is 12.4 Å². The van der Waals surface area contributed by atoms with Crippen molar-refractivity contribution in [2.45, 2.75) is 0 Å². The smallest absolute Gasteiger partial charge is 0.112 e. The van der Waals surface area contributed by atoms with Gasteiger partial charge in [-0.15, -0.1) is 11.3 Å². The zero-order valence-electron chi connectivity index (χ0n) is 6.77. The highest BCUT2D eigenvalue weighted by Gasteiger charge is 2.04. The molecule has 13 heavy (non-hydrogen) atoms. The van der Waals surface area contributed by atoms with E-state index in [9.17, 15) is 0 Å². The number of thiophene rings is 1. The van der Waals surface area contributed by atoms with Crippen molar-refractivity contribution in [1.82, 2.24) is 4.98 Å². The van der Waals surface area contributed by atoms with Crippen LogP contribution in [0.1, 0.15) is 4.88 Å². The van der Waals surface area contributed by atoms with Gasteiger partial charge in [-0.3, -0.25) is 4.98 Å². The Kier molecular flexibility index (Phi) is 2.07. The van der Waals surface area contributed by atoms with E-state index in [2.05, 4.69) is 11.1 Å². The van der Waals surface area contributed by atoms with Crippen LogP contribution < -0.4 is 0 Å². The van der Waals surface area contributed by atoms with Crippen LogP contribution in [0.4, 0.5) is 0 Å². The second-order valence-corrected chi connectivity index (χ2v) is 3.43. The third kappa shape index (κ3) is 1.44. The van der Waals surface area contributed by atoms with Crippen molar-refractivity contribution in [2.24, 2.45) is 0 Å². The maximum Gasteiger partial charge on any atom is 0.112 e. The van der Waals surface area contributed by atoms with E-state index < -0.39 is 0 Å². The van der Waals surface area contributed by atoms with Gasteiger partial charge in [0.15, 0.2) is 0 Å². The van der Waals surface area contributed by atoms with Crippen LogP contribution in [0.2, 0.25) is 0 Å². The van der Waals surface area contributed by atoms with Gasteiger partial charge < -0.3 is 0 Å². The summed E-state index contributed by atoms with van der Waals surface area (Å²) in [5.41, 5.74) is 1.97. The van der Waals surface area contributed by atoms with Crippen molar-refractivity contribution < 1.29 is 0 Å². The zero-order valence-corrected chi connectivity index (χ0v) is 7.58. The number of nitriles is 1. The van der Waals surface area contributed by atoms with Crippen molar-refractivity contribution in [2.75, 3.05) is 0 Å².